The fraction of sp³-hybridized carbons (Fsp3) is 0.500. The van der Waals surface area contributed by atoms with Crippen molar-refractivity contribution >= 4 is 50.2 Å². The van der Waals surface area contributed by atoms with E-state index in [1.54, 1.807) is 16.7 Å². The molecule has 10 heteroatoms. The Bertz CT molecular complexity index is 747. The van der Waals surface area contributed by atoms with Crippen LogP contribution in [0.25, 0.3) is 11.2 Å². The molecular formula is C10H12ClN5O2S2. The Hall–Kier alpha value is -1.06. The van der Waals surface area contributed by atoms with Crippen molar-refractivity contribution in [2.75, 3.05) is 29.2 Å². The number of anilines is 1. The lowest BCUT2D eigenvalue weighted by molar-refractivity contribution is 0.584. The fourth-order valence-electron chi connectivity index (χ4n) is 2.18. The number of rotatable bonds is 2. The molecule has 0 radical (unpaired) electrons. The Morgan fingerprint density at radius 1 is 1.50 bits per heavy atom. The number of fused-ring (bicyclic) bond motifs is 1. The van der Waals surface area contributed by atoms with Crippen LogP contribution in [0.15, 0.2) is 6.33 Å². The maximum atomic E-state index is 12.0. The van der Waals surface area contributed by atoms with E-state index in [1.165, 1.54) is 12.6 Å². The zero-order valence-corrected chi connectivity index (χ0v) is 13.0. The van der Waals surface area contributed by atoms with Crippen LogP contribution in [-0.2, 0) is 9.84 Å². The van der Waals surface area contributed by atoms with E-state index < -0.39 is 15.2 Å². The first-order chi connectivity index (χ1) is 9.47. The van der Waals surface area contributed by atoms with Crippen molar-refractivity contribution in [1.29, 1.82) is 0 Å². The van der Waals surface area contributed by atoms with Crippen molar-refractivity contribution in [2.45, 2.75) is 5.37 Å². The minimum Gasteiger partial charge on any atom is -0.340 e. The third-order valence-electron chi connectivity index (χ3n) is 3.09. The van der Waals surface area contributed by atoms with Crippen molar-refractivity contribution in [1.82, 2.24) is 19.9 Å². The van der Waals surface area contributed by atoms with E-state index in [0.29, 0.717) is 29.3 Å². The molecule has 2 aromatic rings. The number of aromatic nitrogens is 4. The molecule has 1 N–H and O–H groups in total. The van der Waals surface area contributed by atoms with Crippen LogP contribution in [0.1, 0.15) is 0 Å². The van der Waals surface area contributed by atoms with Crippen molar-refractivity contribution in [3.8, 4) is 0 Å². The molecule has 108 valence electrons. The second-order valence-corrected chi connectivity index (χ2v) is 8.16. The molecule has 1 saturated heterocycles. The number of sulfone groups is 1. The summed E-state index contributed by atoms with van der Waals surface area (Å²) >= 11 is 7.52. The Labute approximate surface area is 125 Å². The van der Waals surface area contributed by atoms with Crippen LogP contribution in [0.3, 0.4) is 0 Å². The first kappa shape index (κ1) is 13.9. The lowest BCUT2D eigenvalue weighted by Gasteiger charge is -2.34. The Morgan fingerprint density at radius 3 is 3.05 bits per heavy atom. The van der Waals surface area contributed by atoms with Crippen LogP contribution < -0.4 is 4.90 Å². The van der Waals surface area contributed by atoms with Gasteiger partial charge in [-0.2, -0.15) is 21.7 Å². The summed E-state index contributed by atoms with van der Waals surface area (Å²) in [6, 6.07) is 0. The number of hydrogen-bond acceptors (Lipinski definition) is 7. The zero-order valence-electron chi connectivity index (χ0n) is 10.6. The standard InChI is InChI=1S/C10H12ClN5O2S2/c1-20(17,18)6-4-19-3-2-16(6)9-7-8(13-5-12-7)14-10(11)15-9/h5-6H,2-4H2,1H3,(H,12,13,14,15). The average molecular weight is 334 g/mol. The van der Waals surface area contributed by atoms with Crippen molar-refractivity contribution in [2.24, 2.45) is 0 Å². The van der Waals surface area contributed by atoms with Crippen LogP contribution in [0.4, 0.5) is 5.82 Å². The molecular weight excluding hydrogens is 322 g/mol. The number of nitrogens with zero attached hydrogens (tertiary/aromatic N) is 4. The highest BCUT2D eigenvalue weighted by molar-refractivity contribution is 8.01. The Kier molecular flexibility index (Phi) is 3.51. The predicted molar refractivity (Wildman–Crippen MR) is 80.0 cm³/mol. The second kappa shape index (κ2) is 5.05. The van der Waals surface area contributed by atoms with Gasteiger partial charge in [-0.25, -0.2) is 13.4 Å². The number of nitrogens with one attached hydrogen (secondary N) is 1. The van der Waals surface area contributed by atoms with E-state index in [4.69, 9.17) is 11.6 Å². The molecule has 3 heterocycles. The monoisotopic (exact) mass is 333 g/mol. The summed E-state index contributed by atoms with van der Waals surface area (Å²) in [5.41, 5.74) is 1.04. The molecule has 3 rings (SSSR count). The molecule has 1 fully saturated rings. The molecule has 2 aromatic heterocycles. The minimum absolute atomic E-state index is 0.0603. The first-order valence-electron chi connectivity index (χ1n) is 5.86. The predicted octanol–water partition coefficient (Wildman–Crippen LogP) is 0.930. The lowest BCUT2D eigenvalue weighted by Crippen LogP contribution is -2.47. The third kappa shape index (κ3) is 2.45. The van der Waals surface area contributed by atoms with E-state index in [1.807, 2.05) is 0 Å². The van der Waals surface area contributed by atoms with Gasteiger partial charge in [0.1, 0.15) is 10.9 Å². The first-order valence-corrected chi connectivity index (χ1v) is 9.35. The smallest absolute Gasteiger partial charge is 0.226 e. The zero-order chi connectivity index (χ0) is 14.3. The molecule has 0 aromatic carbocycles. The van der Waals surface area contributed by atoms with Gasteiger partial charge in [-0.05, 0) is 11.6 Å². The summed E-state index contributed by atoms with van der Waals surface area (Å²) in [5, 5.41) is -0.552. The van der Waals surface area contributed by atoms with E-state index in [9.17, 15) is 8.42 Å². The van der Waals surface area contributed by atoms with Gasteiger partial charge < -0.3 is 9.88 Å². The Morgan fingerprint density at radius 2 is 2.30 bits per heavy atom. The lowest BCUT2D eigenvalue weighted by atomic mass is 10.4. The molecule has 1 atom stereocenters. The van der Waals surface area contributed by atoms with Crippen LogP contribution in [-0.4, -0.2) is 58.0 Å². The van der Waals surface area contributed by atoms with Crippen LogP contribution >= 0.6 is 23.4 Å². The largest absolute Gasteiger partial charge is 0.340 e. The van der Waals surface area contributed by atoms with Gasteiger partial charge in [0.2, 0.25) is 5.28 Å². The highest BCUT2D eigenvalue weighted by Gasteiger charge is 2.33. The molecule has 0 bridgehead atoms. The molecule has 0 spiro atoms. The SMILES string of the molecule is CS(=O)(=O)C1CSCCN1c1nc(Cl)nc2nc[nH]c12. The Balaban J connectivity index is 2.15. The van der Waals surface area contributed by atoms with Crippen LogP contribution in [0.2, 0.25) is 5.28 Å². The van der Waals surface area contributed by atoms with Crippen LogP contribution in [0, 0.1) is 0 Å². The number of thioether (sulfide) groups is 1. The minimum atomic E-state index is -3.22. The summed E-state index contributed by atoms with van der Waals surface area (Å²) in [4.78, 5) is 17.0. The summed E-state index contributed by atoms with van der Waals surface area (Å²) in [7, 11) is -3.22. The maximum absolute atomic E-state index is 12.0. The van der Waals surface area contributed by atoms with Gasteiger partial charge in [-0.15, -0.1) is 0 Å². The molecule has 0 aliphatic carbocycles. The molecule has 0 amide bonds. The van der Waals surface area contributed by atoms with Gasteiger partial charge in [0.25, 0.3) is 0 Å². The number of hydrogen-bond donors (Lipinski definition) is 1. The van der Waals surface area contributed by atoms with E-state index in [-0.39, 0.29) is 5.28 Å². The van der Waals surface area contributed by atoms with Gasteiger partial charge in [0, 0.05) is 24.3 Å². The van der Waals surface area contributed by atoms with Gasteiger partial charge in [0.05, 0.1) is 6.33 Å². The maximum Gasteiger partial charge on any atom is 0.226 e. The molecule has 7 nitrogen and oxygen atoms in total. The molecule has 1 unspecified atom stereocenters. The molecule has 20 heavy (non-hydrogen) atoms. The molecule has 0 saturated carbocycles. The van der Waals surface area contributed by atoms with E-state index >= 15 is 0 Å². The quantitative estimate of drug-likeness (QED) is 0.817. The van der Waals surface area contributed by atoms with Crippen molar-refractivity contribution in [3.05, 3.63) is 11.6 Å². The number of aromatic amines is 1. The average Bonchev–Trinajstić information content (AvgIpc) is 2.84. The van der Waals surface area contributed by atoms with E-state index in [2.05, 4.69) is 19.9 Å². The second-order valence-electron chi connectivity index (χ2n) is 4.47. The van der Waals surface area contributed by atoms with E-state index in [0.717, 1.165) is 5.75 Å². The highest BCUT2D eigenvalue weighted by Crippen LogP contribution is 2.29. The van der Waals surface area contributed by atoms with Gasteiger partial charge in [-0.1, -0.05) is 0 Å². The fourth-order valence-corrected chi connectivity index (χ4v) is 5.16. The van der Waals surface area contributed by atoms with Gasteiger partial charge in [-0.3, -0.25) is 0 Å². The summed E-state index contributed by atoms with van der Waals surface area (Å²) in [5.74, 6) is 1.84. The van der Waals surface area contributed by atoms with Gasteiger partial charge >= 0.3 is 0 Å². The normalized spacial score (nSPS) is 20.5. The number of imidazole rings is 1. The molecule has 1 aliphatic rings. The van der Waals surface area contributed by atoms with Crippen LogP contribution in [0.5, 0.6) is 0 Å². The highest BCUT2D eigenvalue weighted by atomic mass is 35.5. The summed E-state index contributed by atoms with van der Waals surface area (Å²) < 4.78 is 23.9. The van der Waals surface area contributed by atoms with Crippen molar-refractivity contribution in [3.63, 3.8) is 0 Å². The number of H-pyrrole nitrogens is 1. The third-order valence-corrected chi connectivity index (χ3v) is 5.90. The van der Waals surface area contributed by atoms with Gasteiger partial charge in [0.15, 0.2) is 21.3 Å². The number of halogens is 1. The summed E-state index contributed by atoms with van der Waals surface area (Å²) in [6.07, 6.45) is 2.73. The van der Waals surface area contributed by atoms with Crippen molar-refractivity contribution < 1.29 is 8.42 Å². The topological polar surface area (TPSA) is 91.8 Å². The summed E-state index contributed by atoms with van der Waals surface area (Å²) in [6.45, 7) is 0.587. The molecule has 1 aliphatic heterocycles.